The number of hydrogen-bond donors (Lipinski definition) is 1. The van der Waals surface area contributed by atoms with E-state index in [-0.39, 0.29) is 24.8 Å². The summed E-state index contributed by atoms with van der Waals surface area (Å²) in [6.45, 7) is 1.66. The Morgan fingerprint density at radius 2 is 1.83 bits per heavy atom. The van der Waals surface area contributed by atoms with Gasteiger partial charge in [-0.1, -0.05) is 24.3 Å². The summed E-state index contributed by atoms with van der Waals surface area (Å²) in [5.74, 6) is -0.928. The molecular formula is C22H21N3O4. The normalized spacial score (nSPS) is 10.4. The number of fused-ring (bicyclic) bond motifs is 1. The number of amides is 2. The van der Waals surface area contributed by atoms with Crippen LogP contribution in [-0.2, 0) is 14.3 Å². The number of carbonyl (C=O) groups is 3. The van der Waals surface area contributed by atoms with Crippen LogP contribution in [0.2, 0.25) is 0 Å². The Balaban J connectivity index is 1.72. The molecule has 3 aromatic rings. The van der Waals surface area contributed by atoms with Crippen LogP contribution in [0.15, 0.2) is 60.8 Å². The zero-order valence-electron chi connectivity index (χ0n) is 16.2. The molecule has 7 heteroatoms. The van der Waals surface area contributed by atoms with Crippen molar-refractivity contribution in [2.45, 2.75) is 13.3 Å². The molecule has 7 nitrogen and oxygen atoms in total. The van der Waals surface area contributed by atoms with Gasteiger partial charge in [-0.3, -0.25) is 14.6 Å². The number of ether oxygens (including phenoxy) is 1. The Morgan fingerprint density at radius 1 is 1.07 bits per heavy atom. The first kappa shape index (κ1) is 20.0. The molecule has 3 rings (SSSR count). The number of pyridine rings is 1. The number of methoxy groups -OCH3 is 1. The molecule has 2 aromatic carbocycles. The van der Waals surface area contributed by atoms with Crippen molar-refractivity contribution in [3.05, 3.63) is 66.4 Å². The van der Waals surface area contributed by atoms with Gasteiger partial charge < -0.3 is 15.0 Å². The fourth-order valence-electron chi connectivity index (χ4n) is 3.03. The maximum absolute atomic E-state index is 12.4. The SMILES string of the molecule is COC(=O)c1cccc(NC(=O)CCN(C(C)=O)c2cccc3cccnc23)c1. The van der Waals surface area contributed by atoms with E-state index in [0.29, 0.717) is 22.5 Å². The third-order valence-corrected chi connectivity index (χ3v) is 4.41. The van der Waals surface area contributed by atoms with Crippen molar-refractivity contribution in [1.29, 1.82) is 0 Å². The number of anilines is 2. The zero-order chi connectivity index (χ0) is 20.8. The fourth-order valence-corrected chi connectivity index (χ4v) is 3.03. The largest absolute Gasteiger partial charge is 0.465 e. The van der Waals surface area contributed by atoms with E-state index < -0.39 is 5.97 Å². The smallest absolute Gasteiger partial charge is 0.337 e. The molecule has 0 unspecified atom stereocenters. The summed E-state index contributed by atoms with van der Waals surface area (Å²) in [5, 5.41) is 3.66. The van der Waals surface area contributed by atoms with Crippen LogP contribution >= 0.6 is 0 Å². The molecule has 0 saturated carbocycles. The maximum Gasteiger partial charge on any atom is 0.337 e. The Bertz CT molecular complexity index is 1060. The van der Waals surface area contributed by atoms with Crippen molar-refractivity contribution in [2.24, 2.45) is 0 Å². The quantitative estimate of drug-likeness (QED) is 0.651. The highest BCUT2D eigenvalue weighted by molar-refractivity contribution is 6.02. The van der Waals surface area contributed by atoms with E-state index in [1.807, 2.05) is 30.3 Å². The van der Waals surface area contributed by atoms with Gasteiger partial charge in [0.1, 0.15) is 0 Å². The molecule has 1 aromatic heterocycles. The van der Waals surface area contributed by atoms with E-state index in [2.05, 4.69) is 15.0 Å². The van der Waals surface area contributed by atoms with Crippen LogP contribution in [0.5, 0.6) is 0 Å². The van der Waals surface area contributed by atoms with Gasteiger partial charge in [-0.05, 0) is 30.3 Å². The second kappa shape index (κ2) is 8.97. The van der Waals surface area contributed by atoms with Crippen molar-refractivity contribution in [2.75, 3.05) is 23.9 Å². The van der Waals surface area contributed by atoms with Crippen molar-refractivity contribution in [3.63, 3.8) is 0 Å². The van der Waals surface area contributed by atoms with E-state index in [1.165, 1.54) is 14.0 Å². The molecule has 0 fully saturated rings. The van der Waals surface area contributed by atoms with E-state index in [4.69, 9.17) is 0 Å². The van der Waals surface area contributed by atoms with Gasteiger partial charge in [-0.15, -0.1) is 0 Å². The van der Waals surface area contributed by atoms with Crippen LogP contribution in [0.4, 0.5) is 11.4 Å². The number of rotatable bonds is 6. The number of nitrogens with zero attached hydrogens (tertiary/aromatic N) is 2. The molecule has 1 N–H and O–H groups in total. The zero-order valence-corrected chi connectivity index (χ0v) is 16.2. The number of para-hydroxylation sites is 1. The molecule has 0 bridgehead atoms. The number of aromatic nitrogens is 1. The number of hydrogen-bond acceptors (Lipinski definition) is 5. The van der Waals surface area contributed by atoms with Gasteiger partial charge in [0.2, 0.25) is 11.8 Å². The Morgan fingerprint density at radius 3 is 2.59 bits per heavy atom. The number of carbonyl (C=O) groups excluding carboxylic acids is 3. The van der Waals surface area contributed by atoms with E-state index >= 15 is 0 Å². The summed E-state index contributed by atoms with van der Waals surface area (Å²) >= 11 is 0. The molecule has 0 aliphatic heterocycles. The van der Waals surface area contributed by atoms with Crippen molar-refractivity contribution < 1.29 is 19.1 Å². The summed E-state index contributed by atoms with van der Waals surface area (Å²) in [4.78, 5) is 42.2. The Labute approximate surface area is 168 Å². The van der Waals surface area contributed by atoms with E-state index in [0.717, 1.165) is 5.39 Å². The first-order chi connectivity index (χ1) is 14.0. The minimum atomic E-state index is -0.479. The molecule has 148 valence electrons. The Hall–Kier alpha value is -3.74. The molecule has 0 aliphatic rings. The second-order valence-corrected chi connectivity index (χ2v) is 6.39. The van der Waals surface area contributed by atoms with Crippen molar-refractivity contribution >= 4 is 40.1 Å². The summed E-state index contributed by atoms with van der Waals surface area (Å²) in [6.07, 6.45) is 1.76. The standard InChI is InChI=1S/C22H21N3O4/c1-15(26)25(19-10-4-6-16-8-5-12-23-21(16)19)13-11-20(27)24-18-9-3-7-17(14-18)22(28)29-2/h3-10,12,14H,11,13H2,1-2H3,(H,24,27). The average Bonchev–Trinajstić information content (AvgIpc) is 2.73. The predicted molar refractivity (Wildman–Crippen MR) is 111 cm³/mol. The second-order valence-electron chi connectivity index (χ2n) is 6.39. The van der Waals surface area contributed by atoms with Crippen LogP contribution < -0.4 is 10.2 Å². The lowest BCUT2D eigenvalue weighted by molar-refractivity contribution is -0.117. The molecule has 29 heavy (non-hydrogen) atoms. The van der Waals surface area contributed by atoms with Crippen LogP contribution in [0.3, 0.4) is 0 Å². The van der Waals surface area contributed by atoms with Gasteiger partial charge in [0.15, 0.2) is 0 Å². The molecular weight excluding hydrogens is 370 g/mol. The molecule has 0 aliphatic carbocycles. The van der Waals surface area contributed by atoms with Gasteiger partial charge in [0.25, 0.3) is 0 Å². The fraction of sp³-hybridized carbons (Fsp3) is 0.182. The van der Waals surface area contributed by atoms with Gasteiger partial charge in [0.05, 0.1) is 23.9 Å². The van der Waals surface area contributed by atoms with Crippen LogP contribution in [0.1, 0.15) is 23.7 Å². The van der Waals surface area contributed by atoms with Crippen LogP contribution in [0, 0.1) is 0 Å². The minimum Gasteiger partial charge on any atom is -0.465 e. The number of nitrogens with one attached hydrogen (secondary N) is 1. The third-order valence-electron chi connectivity index (χ3n) is 4.41. The summed E-state index contributed by atoms with van der Waals surface area (Å²) < 4.78 is 4.68. The molecule has 0 atom stereocenters. The topological polar surface area (TPSA) is 88.6 Å². The highest BCUT2D eigenvalue weighted by Gasteiger charge is 2.17. The maximum atomic E-state index is 12.4. The lowest BCUT2D eigenvalue weighted by Crippen LogP contribution is -2.32. The first-order valence-corrected chi connectivity index (χ1v) is 9.09. The molecule has 0 saturated heterocycles. The molecule has 1 heterocycles. The average molecular weight is 391 g/mol. The van der Waals surface area contributed by atoms with Gasteiger partial charge in [0, 0.05) is 37.2 Å². The van der Waals surface area contributed by atoms with Gasteiger partial charge in [-0.2, -0.15) is 0 Å². The summed E-state index contributed by atoms with van der Waals surface area (Å²) in [7, 11) is 1.30. The highest BCUT2D eigenvalue weighted by atomic mass is 16.5. The van der Waals surface area contributed by atoms with E-state index in [1.54, 1.807) is 35.4 Å². The number of esters is 1. The van der Waals surface area contributed by atoms with E-state index in [9.17, 15) is 14.4 Å². The summed E-state index contributed by atoms with van der Waals surface area (Å²) in [6, 6.07) is 15.8. The van der Waals surface area contributed by atoms with Crippen molar-refractivity contribution in [1.82, 2.24) is 4.98 Å². The molecule has 0 spiro atoms. The van der Waals surface area contributed by atoms with Gasteiger partial charge >= 0.3 is 5.97 Å². The van der Waals surface area contributed by atoms with Gasteiger partial charge in [-0.25, -0.2) is 4.79 Å². The van der Waals surface area contributed by atoms with Crippen LogP contribution in [-0.4, -0.2) is 36.4 Å². The monoisotopic (exact) mass is 391 g/mol. The van der Waals surface area contributed by atoms with Crippen molar-refractivity contribution in [3.8, 4) is 0 Å². The predicted octanol–water partition coefficient (Wildman–Crippen LogP) is 3.40. The first-order valence-electron chi connectivity index (χ1n) is 9.09. The third kappa shape index (κ3) is 4.76. The molecule has 0 radical (unpaired) electrons. The minimum absolute atomic E-state index is 0.0885. The molecule has 2 amide bonds. The lowest BCUT2D eigenvalue weighted by Gasteiger charge is -2.22. The lowest BCUT2D eigenvalue weighted by atomic mass is 10.1. The highest BCUT2D eigenvalue weighted by Crippen LogP contribution is 2.25. The summed E-state index contributed by atoms with van der Waals surface area (Å²) in [5.41, 5.74) is 2.20. The Kier molecular flexibility index (Phi) is 6.19. The number of benzene rings is 2. The van der Waals surface area contributed by atoms with Crippen LogP contribution in [0.25, 0.3) is 10.9 Å².